The van der Waals surface area contributed by atoms with Crippen LogP contribution in [-0.2, 0) is 0 Å². The molecule has 0 bridgehead atoms. The van der Waals surface area contributed by atoms with Crippen molar-refractivity contribution < 1.29 is 13.7 Å². The maximum Gasteiger partial charge on any atom is 0.139 e. The molecule has 0 spiro atoms. The minimum atomic E-state index is -2.36. The number of likely N-dealkylation sites (N-methyl/N-ethyl adjacent to an activating group) is 1. The molecule has 0 radical (unpaired) electrons. The Hall–Kier alpha value is -1.85. The number of hydrogen-bond acceptors (Lipinski definition) is 5. The first-order chi connectivity index (χ1) is 14.8. The van der Waals surface area contributed by atoms with Crippen LogP contribution in [0.5, 0.6) is 0 Å². The van der Waals surface area contributed by atoms with Crippen LogP contribution in [0.2, 0.25) is 0 Å². The highest BCUT2D eigenvalue weighted by molar-refractivity contribution is 7.16. The van der Waals surface area contributed by atoms with Gasteiger partial charge in [0.25, 0.3) is 0 Å². The van der Waals surface area contributed by atoms with Crippen molar-refractivity contribution in [2.75, 3.05) is 38.5 Å². The van der Waals surface area contributed by atoms with Gasteiger partial charge in [0.2, 0.25) is 0 Å². The minimum absolute atomic E-state index is 0.0306. The Morgan fingerprint density at radius 2 is 2.14 bits per heavy atom. The largest absolute Gasteiger partial charge is 0.353 e. The van der Waals surface area contributed by atoms with E-state index in [0.717, 1.165) is 11.3 Å². The number of piperazine rings is 1. The van der Waals surface area contributed by atoms with E-state index in [1.807, 2.05) is 4.90 Å². The van der Waals surface area contributed by atoms with Gasteiger partial charge in [-0.3, -0.25) is 0 Å². The topological polar surface area (TPSA) is 30.9 Å². The molecule has 4 rings (SSSR count). The zero-order chi connectivity index (χ0) is 23.6. The number of amidine groups is 1. The van der Waals surface area contributed by atoms with Crippen LogP contribution in [0.25, 0.3) is 0 Å². The summed E-state index contributed by atoms with van der Waals surface area (Å²) in [6.45, 7) is -3.45. The minimum Gasteiger partial charge on any atom is -0.353 e. The molecule has 22 heavy (non-hydrogen) atoms. The van der Waals surface area contributed by atoms with Crippen molar-refractivity contribution in [1.82, 2.24) is 9.80 Å². The molecule has 1 saturated heterocycles. The molecule has 3 heterocycles. The normalized spacial score (nSPS) is 25.8. The molecule has 114 valence electrons. The third kappa shape index (κ3) is 2.40. The molecule has 0 aliphatic carbocycles. The van der Waals surface area contributed by atoms with E-state index < -0.39 is 25.9 Å². The molecule has 2 aliphatic rings. The van der Waals surface area contributed by atoms with E-state index in [-0.39, 0.29) is 41.4 Å². The number of fused-ring (bicyclic) bond motifs is 2. The maximum atomic E-state index is 8.30. The summed E-state index contributed by atoms with van der Waals surface area (Å²) in [5, 5.41) is 3.40. The number of aryl methyl sites for hydroxylation is 1. The van der Waals surface area contributed by atoms with Crippen LogP contribution < -0.4 is 5.32 Å². The number of rotatable bonds is 0. The summed E-state index contributed by atoms with van der Waals surface area (Å²) in [6.07, 6.45) is 0. The Morgan fingerprint density at radius 3 is 2.95 bits per heavy atom. The number of para-hydroxylation sites is 2. The molecule has 0 amide bonds. The van der Waals surface area contributed by atoms with Gasteiger partial charge in [0.05, 0.1) is 22.4 Å². The number of thiophene rings is 1. The first-order valence-corrected chi connectivity index (χ1v) is 7.71. The number of anilines is 2. The second kappa shape index (κ2) is 5.41. The molecule has 1 N–H and O–H groups in total. The summed E-state index contributed by atoms with van der Waals surface area (Å²) < 4.78 is 78.7. The maximum absolute atomic E-state index is 8.30. The number of nitrogens with one attached hydrogen (secondary N) is 1. The molecule has 1 aromatic heterocycles. The molecule has 0 atom stereocenters. The molecule has 0 unspecified atom stereocenters. The molecular formula is C17H20N4S. The van der Waals surface area contributed by atoms with Gasteiger partial charge in [-0.25, -0.2) is 4.99 Å². The van der Waals surface area contributed by atoms with Crippen molar-refractivity contribution in [3.63, 3.8) is 0 Å². The lowest BCUT2D eigenvalue weighted by molar-refractivity contribution is 0.216. The molecule has 0 saturated carbocycles. The van der Waals surface area contributed by atoms with Crippen molar-refractivity contribution in [1.29, 1.82) is 0 Å². The van der Waals surface area contributed by atoms with Crippen molar-refractivity contribution in [3.05, 3.63) is 40.7 Å². The highest BCUT2D eigenvalue weighted by atomic mass is 32.1. The van der Waals surface area contributed by atoms with Gasteiger partial charge < -0.3 is 15.1 Å². The van der Waals surface area contributed by atoms with E-state index >= 15 is 0 Å². The Labute approximate surface area is 149 Å². The predicted molar refractivity (Wildman–Crippen MR) is 94.0 cm³/mol. The number of aliphatic imine (C=N–C) groups is 1. The van der Waals surface area contributed by atoms with Gasteiger partial charge in [-0.1, -0.05) is 12.1 Å². The number of nitrogens with zero attached hydrogens (tertiary/aromatic N) is 3. The van der Waals surface area contributed by atoms with Crippen LogP contribution in [-0.4, -0.2) is 48.8 Å². The Morgan fingerprint density at radius 1 is 1.27 bits per heavy atom. The highest BCUT2D eigenvalue weighted by Crippen LogP contribution is 2.39. The van der Waals surface area contributed by atoms with Crippen molar-refractivity contribution in [2.24, 2.45) is 4.99 Å². The monoisotopic (exact) mass is 322 g/mol. The van der Waals surface area contributed by atoms with Crippen LogP contribution in [0.4, 0.5) is 16.4 Å². The van der Waals surface area contributed by atoms with Gasteiger partial charge in [-0.2, -0.15) is 0 Å². The zero-order valence-corrected chi connectivity index (χ0v) is 12.5. The number of hydrogen-bond donors (Lipinski definition) is 1. The molecule has 5 heteroatoms. The summed E-state index contributed by atoms with van der Waals surface area (Å²) in [6, 6.07) is 0.0584. The Balaban J connectivity index is 1.86. The predicted octanol–water partition coefficient (Wildman–Crippen LogP) is 3.44. The molecule has 2 aliphatic heterocycles. The SMILES string of the molecule is [2H]c1c([2H])c([2H])c2c(c1[2H])N=C(N1CCN(C([2H])([2H])[2H])CC1)c1cc(C([2H])([2H])[2H])sc1N2. The van der Waals surface area contributed by atoms with Crippen molar-refractivity contribution >= 4 is 33.5 Å². The van der Waals surface area contributed by atoms with E-state index in [1.165, 1.54) is 11.0 Å². The average molecular weight is 323 g/mol. The summed E-state index contributed by atoms with van der Waals surface area (Å²) in [5.41, 5.74) is 0.576. The summed E-state index contributed by atoms with van der Waals surface area (Å²) in [7, 11) is 0. The first-order valence-electron chi connectivity index (χ1n) is 11.9. The van der Waals surface area contributed by atoms with Crippen LogP contribution in [0.3, 0.4) is 0 Å². The zero-order valence-electron chi connectivity index (χ0n) is 21.7. The number of benzene rings is 1. The second-order valence-electron chi connectivity index (χ2n) is 5.11. The van der Waals surface area contributed by atoms with Crippen LogP contribution in [0.1, 0.15) is 24.1 Å². The lowest BCUT2D eigenvalue weighted by Crippen LogP contribution is -2.47. The van der Waals surface area contributed by atoms with Gasteiger partial charge in [0, 0.05) is 39.3 Å². The molecule has 4 nitrogen and oxygen atoms in total. The standard InChI is InChI=1S/C17H20N4S/c1-12-11-13-16(21-9-7-20(2)8-10-21)18-14-5-3-4-6-15(14)19-17(13)22-12/h3-6,11,19H,7-10H2,1-2H3/i1D3,2D3,3D,4D,5D,6D. The summed E-state index contributed by atoms with van der Waals surface area (Å²) in [5.74, 6) is 0.355. The van der Waals surface area contributed by atoms with Gasteiger partial charge >= 0.3 is 0 Å². The third-order valence-corrected chi connectivity index (χ3v) is 4.54. The fourth-order valence-electron chi connectivity index (χ4n) is 2.57. The fraction of sp³-hybridized carbons (Fsp3) is 0.353. The molecule has 2 aromatic rings. The second-order valence-corrected chi connectivity index (χ2v) is 6.16. The van der Waals surface area contributed by atoms with Crippen molar-refractivity contribution in [2.45, 2.75) is 6.85 Å². The van der Waals surface area contributed by atoms with Crippen LogP contribution >= 0.6 is 11.3 Å². The highest BCUT2D eigenvalue weighted by Gasteiger charge is 2.25. The van der Waals surface area contributed by atoms with E-state index in [9.17, 15) is 0 Å². The van der Waals surface area contributed by atoms with Gasteiger partial charge in [-0.15, -0.1) is 11.3 Å². The van der Waals surface area contributed by atoms with E-state index in [2.05, 4.69) is 10.3 Å². The lowest BCUT2D eigenvalue weighted by atomic mass is 10.2. The van der Waals surface area contributed by atoms with E-state index in [1.54, 1.807) is 0 Å². The third-order valence-electron chi connectivity index (χ3n) is 3.68. The Bertz CT molecular complexity index is 1100. The smallest absolute Gasteiger partial charge is 0.139 e. The average Bonchev–Trinajstić information content (AvgIpc) is 3.07. The van der Waals surface area contributed by atoms with Gasteiger partial charge in [-0.05, 0) is 32.0 Å². The van der Waals surface area contributed by atoms with Crippen LogP contribution in [0.15, 0.2) is 35.2 Å². The van der Waals surface area contributed by atoms with Gasteiger partial charge in [0.15, 0.2) is 0 Å². The summed E-state index contributed by atoms with van der Waals surface area (Å²) >= 11 is 0.982. The summed E-state index contributed by atoms with van der Waals surface area (Å²) in [4.78, 5) is 7.91. The quantitative estimate of drug-likeness (QED) is 0.806. The van der Waals surface area contributed by atoms with Crippen LogP contribution in [0, 0.1) is 6.85 Å². The molecule has 1 fully saturated rings. The fourth-order valence-corrected chi connectivity index (χ4v) is 3.38. The van der Waals surface area contributed by atoms with E-state index in [0.29, 0.717) is 29.5 Å². The first kappa shape index (κ1) is 6.72. The van der Waals surface area contributed by atoms with Crippen molar-refractivity contribution in [3.8, 4) is 0 Å². The molecule has 1 aromatic carbocycles. The Kier molecular flexibility index (Phi) is 1.65. The van der Waals surface area contributed by atoms with Gasteiger partial charge in [0.1, 0.15) is 10.8 Å². The molecular weight excluding hydrogens is 292 g/mol. The van der Waals surface area contributed by atoms with E-state index in [4.69, 9.17) is 13.7 Å². The lowest BCUT2D eigenvalue weighted by Gasteiger charge is -2.34.